The normalized spacial score (nSPS) is 11.8. The van der Waals surface area contributed by atoms with E-state index in [1.165, 1.54) is 17.4 Å². The predicted molar refractivity (Wildman–Crippen MR) is 82.2 cm³/mol. The van der Waals surface area contributed by atoms with Gasteiger partial charge in [0, 0.05) is 22.8 Å². The van der Waals surface area contributed by atoms with Crippen LogP contribution in [-0.2, 0) is 23.0 Å². The number of aryl methyl sites for hydroxylation is 1. The molecule has 7 heteroatoms. The van der Waals surface area contributed by atoms with E-state index >= 15 is 0 Å². The summed E-state index contributed by atoms with van der Waals surface area (Å²) < 4.78 is 40.4. The Balaban J connectivity index is 2.05. The third-order valence-corrected chi connectivity index (χ3v) is 5.85. The summed E-state index contributed by atoms with van der Waals surface area (Å²) in [6.45, 7) is 2.21. The molecule has 0 saturated carbocycles. The van der Waals surface area contributed by atoms with Crippen LogP contribution >= 0.6 is 11.3 Å². The topological polar surface area (TPSA) is 72.2 Å². The predicted octanol–water partition coefficient (Wildman–Crippen LogP) is 2.18. The van der Waals surface area contributed by atoms with E-state index < -0.39 is 10.0 Å². The summed E-state index contributed by atoms with van der Waals surface area (Å²) in [4.78, 5) is 1.78. The standard InChI is InChI=1S/C14H17FN2O2S2/c1-10-14(8-12(9-16)20-10)21(18,19)17-7-6-11-4-2-3-5-13(11)15/h2-5,8,17H,6-7,9,16H2,1H3. The Hall–Kier alpha value is -1.28. The summed E-state index contributed by atoms with van der Waals surface area (Å²) in [5.74, 6) is -0.325. The second-order valence-electron chi connectivity index (χ2n) is 4.58. The van der Waals surface area contributed by atoms with Gasteiger partial charge in [-0.05, 0) is 31.0 Å². The molecule has 0 saturated heterocycles. The van der Waals surface area contributed by atoms with Gasteiger partial charge in [-0.1, -0.05) is 18.2 Å². The lowest BCUT2D eigenvalue weighted by atomic mass is 10.1. The van der Waals surface area contributed by atoms with Gasteiger partial charge in [0.15, 0.2) is 0 Å². The van der Waals surface area contributed by atoms with E-state index in [-0.39, 0.29) is 17.3 Å². The van der Waals surface area contributed by atoms with Crippen molar-refractivity contribution in [2.45, 2.75) is 24.8 Å². The quantitative estimate of drug-likeness (QED) is 0.854. The average Bonchev–Trinajstić information content (AvgIpc) is 2.83. The van der Waals surface area contributed by atoms with Gasteiger partial charge in [0.05, 0.1) is 4.90 Å². The van der Waals surface area contributed by atoms with E-state index in [0.717, 1.165) is 4.88 Å². The Morgan fingerprint density at radius 3 is 2.67 bits per heavy atom. The average molecular weight is 328 g/mol. The van der Waals surface area contributed by atoms with E-state index in [1.807, 2.05) is 0 Å². The number of hydrogen-bond donors (Lipinski definition) is 2. The van der Waals surface area contributed by atoms with E-state index in [2.05, 4.69) is 4.72 Å². The van der Waals surface area contributed by atoms with Crippen molar-refractivity contribution in [1.82, 2.24) is 4.72 Å². The summed E-state index contributed by atoms with van der Waals surface area (Å²) in [6.07, 6.45) is 0.304. The fraction of sp³-hybridized carbons (Fsp3) is 0.286. The maximum absolute atomic E-state index is 13.5. The molecule has 1 aromatic heterocycles. The first-order chi connectivity index (χ1) is 9.94. The van der Waals surface area contributed by atoms with Crippen LogP contribution < -0.4 is 10.5 Å². The lowest BCUT2D eigenvalue weighted by Crippen LogP contribution is -2.26. The molecule has 2 aromatic rings. The first-order valence-electron chi connectivity index (χ1n) is 6.46. The largest absolute Gasteiger partial charge is 0.326 e. The van der Waals surface area contributed by atoms with Crippen LogP contribution in [0.4, 0.5) is 4.39 Å². The lowest BCUT2D eigenvalue weighted by molar-refractivity contribution is 0.577. The third kappa shape index (κ3) is 3.88. The lowest BCUT2D eigenvalue weighted by Gasteiger charge is -2.07. The summed E-state index contributed by atoms with van der Waals surface area (Å²) in [7, 11) is -3.58. The molecule has 0 fully saturated rings. The Bertz CT molecular complexity index is 726. The summed E-state index contributed by atoms with van der Waals surface area (Å²) in [5.41, 5.74) is 6.01. The van der Waals surface area contributed by atoms with Gasteiger partial charge in [0.1, 0.15) is 5.82 Å². The molecule has 0 amide bonds. The van der Waals surface area contributed by atoms with Crippen LogP contribution in [0.15, 0.2) is 35.2 Å². The molecule has 0 aliphatic carbocycles. The maximum atomic E-state index is 13.5. The van der Waals surface area contributed by atoms with Gasteiger partial charge < -0.3 is 5.73 Å². The zero-order valence-electron chi connectivity index (χ0n) is 11.6. The Morgan fingerprint density at radius 1 is 1.33 bits per heavy atom. The highest BCUT2D eigenvalue weighted by molar-refractivity contribution is 7.89. The highest BCUT2D eigenvalue weighted by Crippen LogP contribution is 2.25. The summed E-state index contributed by atoms with van der Waals surface area (Å²) >= 11 is 1.37. The molecule has 2 rings (SSSR count). The number of benzene rings is 1. The first-order valence-corrected chi connectivity index (χ1v) is 8.76. The molecule has 0 aliphatic rings. The van der Waals surface area contributed by atoms with Crippen LogP contribution in [0.5, 0.6) is 0 Å². The van der Waals surface area contributed by atoms with Crippen molar-refractivity contribution < 1.29 is 12.8 Å². The minimum Gasteiger partial charge on any atom is -0.326 e. The van der Waals surface area contributed by atoms with Gasteiger partial charge in [-0.2, -0.15) is 0 Å². The van der Waals surface area contributed by atoms with Gasteiger partial charge in [-0.3, -0.25) is 0 Å². The Morgan fingerprint density at radius 2 is 2.05 bits per heavy atom. The van der Waals surface area contributed by atoms with Crippen LogP contribution in [0.3, 0.4) is 0 Å². The molecule has 1 aromatic carbocycles. The van der Waals surface area contributed by atoms with Crippen molar-refractivity contribution in [1.29, 1.82) is 0 Å². The van der Waals surface area contributed by atoms with Gasteiger partial charge in [-0.15, -0.1) is 11.3 Å². The zero-order valence-corrected chi connectivity index (χ0v) is 13.2. The highest BCUT2D eigenvalue weighted by Gasteiger charge is 2.19. The SMILES string of the molecule is Cc1sc(CN)cc1S(=O)(=O)NCCc1ccccc1F. The molecule has 3 N–H and O–H groups in total. The van der Waals surface area contributed by atoms with Crippen LogP contribution in [0.1, 0.15) is 15.3 Å². The molecule has 0 spiro atoms. The van der Waals surface area contributed by atoms with Crippen molar-refractivity contribution in [3.05, 3.63) is 51.5 Å². The van der Waals surface area contributed by atoms with Crippen LogP contribution in [-0.4, -0.2) is 15.0 Å². The monoisotopic (exact) mass is 328 g/mol. The van der Waals surface area contributed by atoms with Crippen molar-refractivity contribution in [3.63, 3.8) is 0 Å². The fourth-order valence-electron chi connectivity index (χ4n) is 1.99. The summed E-state index contributed by atoms with van der Waals surface area (Å²) in [5, 5.41) is 0. The van der Waals surface area contributed by atoms with Gasteiger partial charge in [0.25, 0.3) is 0 Å². The molecule has 1 heterocycles. The second-order valence-corrected chi connectivity index (χ2v) is 7.65. The van der Waals surface area contributed by atoms with Crippen molar-refractivity contribution in [3.8, 4) is 0 Å². The van der Waals surface area contributed by atoms with E-state index in [1.54, 1.807) is 31.2 Å². The molecular formula is C14H17FN2O2S2. The smallest absolute Gasteiger partial charge is 0.241 e. The number of sulfonamides is 1. The van der Waals surface area contributed by atoms with Crippen LogP contribution in [0.2, 0.25) is 0 Å². The number of hydrogen-bond acceptors (Lipinski definition) is 4. The fourth-order valence-corrected chi connectivity index (χ4v) is 4.53. The third-order valence-electron chi connectivity index (χ3n) is 3.06. The number of nitrogens with two attached hydrogens (primary N) is 1. The zero-order chi connectivity index (χ0) is 15.5. The number of rotatable bonds is 6. The second kappa shape index (κ2) is 6.65. The number of nitrogens with one attached hydrogen (secondary N) is 1. The molecule has 4 nitrogen and oxygen atoms in total. The van der Waals surface area contributed by atoms with Gasteiger partial charge >= 0.3 is 0 Å². The minimum atomic E-state index is -3.58. The molecule has 114 valence electrons. The van der Waals surface area contributed by atoms with Crippen molar-refractivity contribution in [2.75, 3.05) is 6.54 Å². The molecule has 0 aliphatic heterocycles. The Kier molecular flexibility index (Phi) is 5.10. The highest BCUT2D eigenvalue weighted by atomic mass is 32.2. The summed E-state index contributed by atoms with van der Waals surface area (Å²) in [6, 6.07) is 7.92. The number of halogens is 1. The van der Waals surface area contributed by atoms with E-state index in [9.17, 15) is 12.8 Å². The first kappa shape index (κ1) is 16.1. The molecular weight excluding hydrogens is 311 g/mol. The van der Waals surface area contributed by atoms with Crippen LogP contribution in [0.25, 0.3) is 0 Å². The van der Waals surface area contributed by atoms with Crippen molar-refractivity contribution >= 4 is 21.4 Å². The molecule has 0 unspecified atom stereocenters. The Labute approximate surface area is 127 Å². The van der Waals surface area contributed by atoms with E-state index in [4.69, 9.17) is 5.73 Å². The molecule has 0 radical (unpaired) electrons. The van der Waals surface area contributed by atoms with E-state index in [0.29, 0.717) is 23.4 Å². The molecule has 21 heavy (non-hydrogen) atoms. The van der Waals surface area contributed by atoms with Gasteiger partial charge in [0.2, 0.25) is 10.0 Å². The van der Waals surface area contributed by atoms with Crippen molar-refractivity contribution in [2.24, 2.45) is 5.73 Å². The molecule has 0 atom stereocenters. The van der Waals surface area contributed by atoms with Gasteiger partial charge in [-0.25, -0.2) is 17.5 Å². The molecule has 0 bridgehead atoms. The minimum absolute atomic E-state index is 0.149. The number of thiophene rings is 1. The maximum Gasteiger partial charge on any atom is 0.241 e. The van der Waals surface area contributed by atoms with Crippen LogP contribution in [0, 0.1) is 12.7 Å².